The van der Waals surface area contributed by atoms with Gasteiger partial charge in [0.1, 0.15) is 12.4 Å². The number of nitrogens with zero attached hydrogens (tertiary/aromatic N) is 6. The van der Waals surface area contributed by atoms with Crippen molar-refractivity contribution in [1.29, 1.82) is 0 Å². The summed E-state index contributed by atoms with van der Waals surface area (Å²) in [5.41, 5.74) is 0. The molecule has 1 unspecified atom stereocenters. The van der Waals surface area contributed by atoms with E-state index >= 15 is 0 Å². The normalized spacial score (nSPS) is 24.0. The SMILES string of the molecule is Cc1nnc(CN=C(NC2CCCCC2)N2CCC(N3CC=CC3)C2)n1C.I. The van der Waals surface area contributed by atoms with E-state index in [4.69, 9.17) is 4.99 Å². The lowest BCUT2D eigenvalue weighted by Crippen LogP contribution is -2.47. The molecule has 3 aliphatic rings. The number of likely N-dealkylation sites (tertiary alicyclic amines) is 1. The molecule has 0 aromatic carbocycles. The molecule has 0 spiro atoms. The summed E-state index contributed by atoms with van der Waals surface area (Å²) in [6.45, 7) is 6.91. The molecular formula is C20H34IN7. The van der Waals surface area contributed by atoms with Gasteiger partial charge < -0.3 is 14.8 Å². The van der Waals surface area contributed by atoms with Crippen LogP contribution in [-0.4, -0.2) is 68.8 Å². The minimum atomic E-state index is 0. The zero-order valence-corrected chi connectivity index (χ0v) is 19.5. The molecule has 1 saturated carbocycles. The molecule has 7 nitrogen and oxygen atoms in total. The van der Waals surface area contributed by atoms with Crippen LogP contribution in [0.2, 0.25) is 0 Å². The van der Waals surface area contributed by atoms with Crippen LogP contribution in [0.5, 0.6) is 0 Å². The highest BCUT2D eigenvalue weighted by Gasteiger charge is 2.30. The van der Waals surface area contributed by atoms with Crippen LogP contribution in [0.3, 0.4) is 0 Å². The summed E-state index contributed by atoms with van der Waals surface area (Å²) >= 11 is 0. The van der Waals surface area contributed by atoms with E-state index in [1.807, 2.05) is 18.5 Å². The van der Waals surface area contributed by atoms with Crippen molar-refractivity contribution in [2.45, 2.75) is 64.1 Å². The molecule has 1 aliphatic carbocycles. The van der Waals surface area contributed by atoms with Crippen molar-refractivity contribution in [2.75, 3.05) is 26.2 Å². The minimum Gasteiger partial charge on any atom is -0.353 e. The number of hydrogen-bond acceptors (Lipinski definition) is 4. The molecule has 3 heterocycles. The van der Waals surface area contributed by atoms with Gasteiger partial charge in [0.25, 0.3) is 0 Å². The van der Waals surface area contributed by atoms with Crippen molar-refractivity contribution < 1.29 is 0 Å². The Bertz CT molecular complexity index is 685. The summed E-state index contributed by atoms with van der Waals surface area (Å²) in [5.74, 6) is 2.93. The Morgan fingerprint density at radius 1 is 1.14 bits per heavy atom. The van der Waals surface area contributed by atoms with E-state index in [0.717, 1.165) is 43.8 Å². The van der Waals surface area contributed by atoms with Gasteiger partial charge in [-0.25, -0.2) is 4.99 Å². The van der Waals surface area contributed by atoms with Gasteiger partial charge in [-0.1, -0.05) is 31.4 Å². The van der Waals surface area contributed by atoms with Crippen molar-refractivity contribution in [3.63, 3.8) is 0 Å². The third-order valence-corrected chi connectivity index (χ3v) is 6.32. The molecule has 1 atom stereocenters. The number of nitrogens with one attached hydrogen (secondary N) is 1. The van der Waals surface area contributed by atoms with Gasteiger partial charge in [-0.2, -0.15) is 0 Å². The highest BCUT2D eigenvalue weighted by atomic mass is 127. The third-order valence-electron chi connectivity index (χ3n) is 6.32. The zero-order valence-electron chi connectivity index (χ0n) is 17.2. The van der Waals surface area contributed by atoms with Crippen LogP contribution >= 0.6 is 24.0 Å². The number of rotatable bonds is 4. The molecule has 1 N–H and O–H groups in total. The summed E-state index contributed by atoms with van der Waals surface area (Å²) in [6.07, 6.45) is 12.3. The van der Waals surface area contributed by atoms with E-state index in [0.29, 0.717) is 18.6 Å². The molecule has 0 radical (unpaired) electrons. The first-order valence-corrected chi connectivity index (χ1v) is 10.5. The summed E-state index contributed by atoms with van der Waals surface area (Å²) < 4.78 is 2.03. The van der Waals surface area contributed by atoms with E-state index in [1.54, 1.807) is 0 Å². The Morgan fingerprint density at radius 2 is 1.89 bits per heavy atom. The molecule has 28 heavy (non-hydrogen) atoms. The molecule has 0 amide bonds. The molecule has 1 aromatic heterocycles. The van der Waals surface area contributed by atoms with E-state index < -0.39 is 0 Å². The van der Waals surface area contributed by atoms with Crippen molar-refractivity contribution >= 4 is 29.9 Å². The summed E-state index contributed by atoms with van der Waals surface area (Å²) in [7, 11) is 2.01. The molecule has 2 fully saturated rings. The second-order valence-electron chi connectivity index (χ2n) is 8.16. The maximum atomic E-state index is 4.98. The molecule has 1 aromatic rings. The maximum absolute atomic E-state index is 4.98. The van der Waals surface area contributed by atoms with E-state index in [9.17, 15) is 0 Å². The zero-order chi connectivity index (χ0) is 18.6. The lowest BCUT2D eigenvalue weighted by atomic mass is 9.96. The smallest absolute Gasteiger partial charge is 0.194 e. The first-order chi connectivity index (χ1) is 13.2. The van der Waals surface area contributed by atoms with Gasteiger partial charge in [0, 0.05) is 45.3 Å². The topological polar surface area (TPSA) is 61.6 Å². The standard InChI is InChI=1S/C20H33N7.HI/c1-16-23-24-19(25(16)2)14-21-20(22-17-8-4-3-5-9-17)27-13-10-18(15-27)26-11-6-7-12-26;/h6-7,17-18H,3-5,8-15H2,1-2H3,(H,21,22);1H. The number of aliphatic imine (C=N–C) groups is 1. The lowest BCUT2D eigenvalue weighted by Gasteiger charge is -2.30. The van der Waals surface area contributed by atoms with E-state index in [1.165, 1.54) is 38.5 Å². The Balaban J connectivity index is 0.00000225. The molecular weight excluding hydrogens is 465 g/mol. The fourth-order valence-corrected chi connectivity index (χ4v) is 4.43. The fraction of sp³-hybridized carbons (Fsp3) is 0.750. The van der Waals surface area contributed by atoms with Gasteiger partial charge in [-0.15, -0.1) is 34.2 Å². The van der Waals surface area contributed by atoms with Crippen molar-refractivity contribution in [3.05, 3.63) is 23.8 Å². The summed E-state index contributed by atoms with van der Waals surface area (Å²) in [5, 5.41) is 12.2. The highest BCUT2D eigenvalue weighted by molar-refractivity contribution is 14.0. The molecule has 4 rings (SSSR count). The predicted octanol–water partition coefficient (Wildman–Crippen LogP) is 2.47. The van der Waals surface area contributed by atoms with Crippen LogP contribution < -0.4 is 5.32 Å². The molecule has 1 saturated heterocycles. The molecule has 0 bridgehead atoms. The Kier molecular flexibility index (Phi) is 7.73. The van der Waals surface area contributed by atoms with Gasteiger partial charge in [-0.05, 0) is 26.2 Å². The quantitative estimate of drug-likeness (QED) is 0.299. The number of halogens is 1. The second-order valence-corrected chi connectivity index (χ2v) is 8.16. The predicted molar refractivity (Wildman–Crippen MR) is 123 cm³/mol. The number of aromatic nitrogens is 3. The third kappa shape index (κ3) is 5.06. The van der Waals surface area contributed by atoms with Crippen LogP contribution in [0.1, 0.15) is 50.2 Å². The van der Waals surface area contributed by atoms with Gasteiger partial charge >= 0.3 is 0 Å². The Hall–Kier alpha value is -1.16. The fourth-order valence-electron chi connectivity index (χ4n) is 4.43. The van der Waals surface area contributed by atoms with Gasteiger partial charge in [-0.3, -0.25) is 4.90 Å². The van der Waals surface area contributed by atoms with Crippen LogP contribution in [0.25, 0.3) is 0 Å². The molecule has 156 valence electrons. The number of aryl methyl sites for hydroxylation is 1. The van der Waals surface area contributed by atoms with Gasteiger partial charge in [0.15, 0.2) is 11.8 Å². The van der Waals surface area contributed by atoms with Crippen molar-refractivity contribution in [1.82, 2.24) is 29.9 Å². The van der Waals surface area contributed by atoms with E-state index in [2.05, 4.69) is 37.5 Å². The van der Waals surface area contributed by atoms with Crippen molar-refractivity contribution in [2.24, 2.45) is 12.0 Å². The average Bonchev–Trinajstić information content (AvgIpc) is 3.43. The van der Waals surface area contributed by atoms with Crippen LogP contribution in [0.4, 0.5) is 0 Å². The summed E-state index contributed by atoms with van der Waals surface area (Å²) in [6, 6.07) is 1.20. The van der Waals surface area contributed by atoms with E-state index in [-0.39, 0.29) is 24.0 Å². The molecule has 2 aliphatic heterocycles. The first-order valence-electron chi connectivity index (χ1n) is 10.5. The largest absolute Gasteiger partial charge is 0.353 e. The summed E-state index contributed by atoms with van der Waals surface area (Å²) in [4.78, 5) is 10.0. The van der Waals surface area contributed by atoms with Crippen LogP contribution in [0, 0.1) is 6.92 Å². The van der Waals surface area contributed by atoms with Crippen molar-refractivity contribution in [3.8, 4) is 0 Å². The van der Waals surface area contributed by atoms with Crippen LogP contribution in [-0.2, 0) is 13.6 Å². The van der Waals surface area contributed by atoms with Crippen LogP contribution in [0.15, 0.2) is 17.1 Å². The highest BCUT2D eigenvalue weighted by Crippen LogP contribution is 2.21. The number of hydrogen-bond donors (Lipinski definition) is 1. The van der Waals surface area contributed by atoms with Gasteiger partial charge in [0.05, 0.1) is 0 Å². The minimum absolute atomic E-state index is 0. The Labute approximate surface area is 185 Å². The Morgan fingerprint density at radius 3 is 2.57 bits per heavy atom. The van der Waals surface area contributed by atoms with Gasteiger partial charge in [0.2, 0.25) is 0 Å². The molecule has 8 heteroatoms. The number of guanidine groups is 1. The first kappa shape index (κ1) is 21.5. The maximum Gasteiger partial charge on any atom is 0.194 e. The monoisotopic (exact) mass is 499 g/mol. The lowest BCUT2D eigenvalue weighted by molar-refractivity contribution is 0.258. The second kappa shape index (κ2) is 10.0. The average molecular weight is 499 g/mol.